The lowest BCUT2D eigenvalue weighted by Crippen LogP contribution is -2.31. The second-order valence-electron chi connectivity index (χ2n) is 12.1. The van der Waals surface area contributed by atoms with Crippen molar-refractivity contribution in [3.05, 3.63) is 95.3 Å². The number of terminal acetylenes is 1. The summed E-state index contributed by atoms with van der Waals surface area (Å²) in [5.41, 5.74) is 5.33. The van der Waals surface area contributed by atoms with Crippen LogP contribution in [0.4, 0.5) is 0 Å². The van der Waals surface area contributed by atoms with Crippen molar-refractivity contribution in [2.24, 2.45) is 5.92 Å². The predicted molar refractivity (Wildman–Crippen MR) is 207 cm³/mol. The lowest BCUT2D eigenvalue weighted by Gasteiger charge is -2.23. The number of rotatable bonds is 17. The van der Waals surface area contributed by atoms with E-state index in [9.17, 15) is 9.59 Å². The zero-order valence-electron chi connectivity index (χ0n) is 31.9. The fourth-order valence-corrected chi connectivity index (χ4v) is 5.13. The van der Waals surface area contributed by atoms with Crippen molar-refractivity contribution in [1.82, 2.24) is 4.90 Å². The van der Waals surface area contributed by atoms with Crippen molar-refractivity contribution in [3.8, 4) is 35.3 Å². The molecule has 1 amide bonds. The molecule has 0 fully saturated rings. The number of nitrogens with zero attached hydrogens (tertiary/aromatic N) is 1. The van der Waals surface area contributed by atoms with Crippen molar-refractivity contribution in [3.63, 3.8) is 0 Å². The van der Waals surface area contributed by atoms with Crippen LogP contribution in [-0.4, -0.2) is 50.1 Å². The van der Waals surface area contributed by atoms with Gasteiger partial charge in [-0.2, -0.15) is 0 Å². The van der Waals surface area contributed by atoms with Gasteiger partial charge >= 0.3 is 0 Å². The molecule has 7 heteroatoms. The number of amides is 1. The Morgan fingerprint density at radius 1 is 0.980 bits per heavy atom. The van der Waals surface area contributed by atoms with Crippen LogP contribution in [0.1, 0.15) is 105 Å². The number of hydrogen-bond acceptors (Lipinski definition) is 6. The van der Waals surface area contributed by atoms with Crippen LogP contribution in [0.3, 0.4) is 0 Å². The normalized spacial score (nSPS) is 14.0. The van der Waals surface area contributed by atoms with Crippen LogP contribution in [-0.2, 0) is 0 Å². The van der Waals surface area contributed by atoms with Crippen LogP contribution in [0.5, 0.6) is 23.0 Å². The first kappa shape index (κ1) is 43.3. The van der Waals surface area contributed by atoms with E-state index in [1.54, 1.807) is 30.2 Å². The first-order valence-corrected chi connectivity index (χ1v) is 17.5. The van der Waals surface area contributed by atoms with E-state index in [1.807, 2.05) is 59.0 Å². The highest BCUT2D eigenvalue weighted by Crippen LogP contribution is 2.34. The molecule has 0 saturated carbocycles. The van der Waals surface area contributed by atoms with Crippen LogP contribution in [0, 0.1) is 32.1 Å². The van der Waals surface area contributed by atoms with E-state index in [2.05, 4.69) is 45.9 Å². The number of aryl methyl sites for hydroxylation is 2. The second-order valence-corrected chi connectivity index (χ2v) is 12.1. The standard InChI is InChI=1S/C32H37NO6.C9H16.C2H6/c1-7-12-37-31-19-27(32(35)33-20-22(3)15-26(33)8-2)24(5)17-30(31)39-14-11-9-10-13-38-29-16-23(4)25(21-34)18-28(29)36-6;1-5-8(3)7-9(4)6-2;1-2/h1,8,16-21,26H,2,9-15H2,3-6H3;5-6,8H,1,7H2,2-4H3;1-2H3/b;9-6-;. The monoisotopic (exact) mass is 685 g/mol. The van der Waals surface area contributed by atoms with Crippen LogP contribution in [0.25, 0.3) is 0 Å². The highest BCUT2D eigenvalue weighted by atomic mass is 16.5. The summed E-state index contributed by atoms with van der Waals surface area (Å²) >= 11 is 0. The maximum atomic E-state index is 13.3. The Kier molecular flexibility index (Phi) is 20.5. The largest absolute Gasteiger partial charge is 0.493 e. The third-order valence-electron chi connectivity index (χ3n) is 8.11. The van der Waals surface area contributed by atoms with Gasteiger partial charge in [-0.25, -0.2) is 0 Å². The van der Waals surface area contributed by atoms with Gasteiger partial charge < -0.3 is 23.8 Å². The number of hydrogen-bond donors (Lipinski definition) is 0. The van der Waals surface area contributed by atoms with Gasteiger partial charge in [0.2, 0.25) is 0 Å². The molecule has 3 rings (SSSR count). The predicted octanol–water partition coefficient (Wildman–Crippen LogP) is 10.3. The molecular weight excluding hydrogens is 626 g/mol. The number of aldehydes is 1. The molecule has 1 aliphatic rings. The van der Waals surface area contributed by atoms with Crippen LogP contribution in [0.15, 0.2) is 73.0 Å². The molecule has 2 aromatic rings. The lowest BCUT2D eigenvalue weighted by molar-refractivity contribution is 0.0805. The summed E-state index contributed by atoms with van der Waals surface area (Å²) in [5, 5.41) is 0. The van der Waals surface area contributed by atoms with Crippen molar-refractivity contribution >= 4 is 12.2 Å². The van der Waals surface area contributed by atoms with Gasteiger partial charge in [-0.1, -0.05) is 56.1 Å². The van der Waals surface area contributed by atoms with Gasteiger partial charge in [0.1, 0.15) is 12.9 Å². The van der Waals surface area contributed by atoms with Crippen molar-refractivity contribution in [2.75, 3.05) is 26.9 Å². The number of carbonyl (C=O) groups excluding carboxylic acids is 2. The smallest absolute Gasteiger partial charge is 0.258 e. The van der Waals surface area contributed by atoms with Crippen LogP contribution >= 0.6 is 0 Å². The topological polar surface area (TPSA) is 74.3 Å². The number of allylic oxidation sites excluding steroid dienone is 3. The third-order valence-corrected chi connectivity index (χ3v) is 8.11. The Morgan fingerprint density at radius 2 is 1.58 bits per heavy atom. The Balaban J connectivity index is 0.000000986. The zero-order chi connectivity index (χ0) is 37.6. The number of methoxy groups -OCH3 is 1. The van der Waals surface area contributed by atoms with E-state index >= 15 is 0 Å². The molecule has 0 N–H and O–H groups in total. The number of unbranched alkanes of at least 4 members (excludes halogenated alkanes) is 2. The zero-order valence-corrected chi connectivity index (χ0v) is 31.9. The van der Waals surface area contributed by atoms with Crippen molar-refractivity contribution in [2.45, 2.75) is 93.5 Å². The molecule has 2 atom stereocenters. The van der Waals surface area contributed by atoms with Gasteiger partial charge in [-0.15, -0.1) is 19.6 Å². The summed E-state index contributed by atoms with van der Waals surface area (Å²) in [7, 11) is 1.55. The molecule has 272 valence electrons. The number of ether oxygens (including phenoxy) is 4. The Morgan fingerprint density at radius 3 is 2.12 bits per heavy atom. The van der Waals surface area contributed by atoms with Crippen LogP contribution < -0.4 is 18.9 Å². The minimum absolute atomic E-state index is 0.0623. The minimum Gasteiger partial charge on any atom is -0.493 e. The average molecular weight is 686 g/mol. The maximum absolute atomic E-state index is 13.3. The minimum atomic E-state index is -0.112. The third kappa shape index (κ3) is 13.7. The fourth-order valence-electron chi connectivity index (χ4n) is 5.13. The van der Waals surface area contributed by atoms with Gasteiger partial charge in [-0.05, 0) is 108 Å². The molecule has 2 aromatic carbocycles. The molecule has 1 aliphatic heterocycles. The van der Waals surface area contributed by atoms with Gasteiger partial charge in [0, 0.05) is 17.3 Å². The van der Waals surface area contributed by atoms with E-state index in [0.29, 0.717) is 53.3 Å². The Hall–Kier alpha value is -4.70. The quantitative estimate of drug-likeness (QED) is 0.0714. The van der Waals surface area contributed by atoms with Gasteiger partial charge in [0.15, 0.2) is 23.0 Å². The summed E-state index contributed by atoms with van der Waals surface area (Å²) < 4.78 is 23.0. The molecule has 7 nitrogen and oxygen atoms in total. The molecule has 0 radical (unpaired) electrons. The van der Waals surface area contributed by atoms with Crippen LogP contribution in [0.2, 0.25) is 0 Å². The number of benzene rings is 2. The molecule has 0 saturated heterocycles. The summed E-state index contributed by atoms with van der Waals surface area (Å²) in [6.07, 6.45) is 18.5. The summed E-state index contributed by atoms with van der Waals surface area (Å²) in [6.45, 7) is 24.8. The van der Waals surface area contributed by atoms with E-state index in [0.717, 1.165) is 55.1 Å². The van der Waals surface area contributed by atoms with Gasteiger partial charge in [-0.3, -0.25) is 9.59 Å². The number of carbonyl (C=O) groups is 2. The maximum Gasteiger partial charge on any atom is 0.258 e. The van der Waals surface area contributed by atoms with E-state index in [-0.39, 0.29) is 18.6 Å². The van der Waals surface area contributed by atoms with Gasteiger partial charge in [0.25, 0.3) is 5.91 Å². The summed E-state index contributed by atoms with van der Waals surface area (Å²) in [4.78, 5) is 26.2. The summed E-state index contributed by atoms with van der Waals surface area (Å²) in [5.74, 6) is 5.15. The average Bonchev–Trinajstić information content (AvgIpc) is 3.51. The fraction of sp³-hybridized carbons (Fsp3) is 0.442. The molecule has 50 heavy (non-hydrogen) atoms. The molecule has 1 heterocycles. The van der Waals surface area contributed by atoms with Gasteiger partial charge in [0.05, 0.1) is 26.4 Å². The summed E-state index contributed by atoms with van der Waals surface area (Å²) in [6, 6.07) is 6.99. The van der Waals surface area contributed by atoms with E-state index in [1.165, 1.54) is 5.57 Å². The molecule has 0 aliphatic carbocycles. The molecule has 0 spiro atoms. The second kappa shape index (κ2) is 23.6. The molecule has 0 bridgehead atoms. The molecular formula is C43H59NO6. The molecule has 0 aromatic heterocycles. The first-order chi connectivity index (χ1) is 24.0. The van der Waals surface area contributed by atoms with Crippen molar-refractivity contribution < 1.29 is 28.5 Å². The van der Waals surface area contributed by atoms with E-state index in [4.69, 9.17) is 25.4 Å². The molecule has 2 unspecified atom stereocenters. The van der Waals surface area contributed by atoms with Crippen molar-refractivity contribution in [1.29, 1.82) is 0 Å². The SMILES string of the molecule is C#CCOc1cc(C(=O)N2C=C(C)CC2C=C)c(C)cc1OCCCCCOc1cc(C)c(C=O)cc1OC.C=CC(C)C/C(C)=C\C.CC. The highest BCUT2D eigenvalue weighted by molar-refractivity contribution is 5.97. The first-order valence-electron chi connectivity index (χ1n) is 17.5. The Bertz CT molecular complexity index is 1510. The lowest BCUT2D eigenvalue weighted by atomic mass is 10.0. The Labute approximate surface area is 302 Å². The van der Waals surface area contributed by atoms with E-state index < -0.39 is 0 Å². The highest BCUT2D eigenvalue weighted by Gasteiger charge is 2.28.